The van der Waals surface area contributed by atoms with Gasteiger partial charge in [0.25, 0.3) is 0 Å². The lowest BCUT2D eigenvalue weighted by molar-refractivity contribution is -0.0207. The number of ether oxygens (including phenoxy) is 2. The number of fused-ring (bicyclic) bond motifs is 1. The molecule has 3 rings (SSSR count). The van der Waals surface area contributed by atoms with Gasteiger partial charge in [0, 0.05) is 23.1 Å². The molecule has 0 radical (unpaired) electrons. The topological polar surface area (TPSA) is 39.7 Å². The molecule has 0 spiro atoms. The summed E-state index contributed by atoms with van der Waals surface area (Å²) in [6, 6.07) is 4.92. The second-order valence-electron chi connectivity index (χ2n) is 4.92. The van der Waals surface area contributed by atoms with Crippen LogP contribution in [0.2, 0.25) is 0 Å². The summed E-state index contributed by atoms with van der Waals surface area (Å²) in [5, 5.41) is 0. The number of benzene rings is 1. The summed E-state index contributed by atoms with van der Waals surface area (Å²) in [5.41, 5.74) is 2.91. The number of hydrogen-bond acceptors (Lipinski definition) is 4. The Morgan fingerprint density at radius 1 is 1.58 bits per heavy atom. The van der Waals surface area contributed by atoms with E-state index in [9.17, 15) is 4.39 Å². The minimum atomic E-state index is -0.628. The molecule has 0 amide bonds. The average Bonchev–Trinajstić information content (AvgIpc) is 2.94. The largest absolute Gasteiger partial charge is 0.382 e. The van der Waals surface area contributed by atoms with Gasteiger partial charge >= 0.3 is 0 Å². The van der Waals surface area contributed by atoms with Crippen molar-refractivity contribution in [1.82, 2.24) is 5.48 Å². The zero-order valence-corrected chi connectivity index (χ0v) is 12.1. The van der Waals surface area contributed by atoms with Gasteiger partial charge in [0.15, 0.2) is 0 Å². The molecule has 1 aromatic carbocycles. The number of nitrogens with one attached hydrogen (secondary N) is 1. The van der Waals surface area contributed by atoms with E-state index in [4.69, 9.17) is 14.3 Å². The molecule has 3 atom stereocenters. The van der Waals surface area contributed by atoms with E-state index in [1.54, 1.807) is 19.2 Å². The highest BCUT2D eigenvalue weighted by Gasteiger charge is 2.56. The highest BCUT2D eigenvalue weighted by molar-refractivity contribution is 9.10. The van der Waals surface area contributed by atoms with Crippen molar-refractivity contribution in [3.05, 3.63) is 34.1 Å². The third kappa shape index (κ3) is 2.11. The lowest BCUT2D eigenvalue weighted by Crippen LogP contribution is -2.43. The average molecular weight is 332 g/mol. The van der Waals surface area contributed by atoms with E-state index < -0.39 is 5.54 Å². The summed E-state index contributed by atoms with van der Waals surface area (Å²) >= 11 is 3.38. The van der Waals surface area contributed by atoms with Gasteiger partial charge in [-0.15, -0.1) is 0 Å². The summed E-state index contributed by atoms with van der Waals surface area (Å²) in [6.07, 6.45) is -0.0848. The first kappa shape index (κ1) is 13.5. The van der Waals surface area contributed by atoms with Crippen molar-refractivity contribution in [2.45, 2.75) is 11.6 Å². The molecular formula is C13H15BrFNO3. The summed E-state index contributed by atoms with van der Waals surface area (Å²) < 4.78 is 25.9. The van der Waals surface area contributed by atoms with Crippen LogP contribution in [0.25, 0.3) is 0 Å². The second kappa shape index (κ2) is 5.10. The Bertz CT molecular complexity index is 487. The van der Waals surface area contributed by atoms with Crippen molar-refractivity contribution in [2.24, 2.45) is 5.92 Å². The Morgan fingerprint density at radius 3 is 3.21 bits per heavy atom. The number of hydroxylamine groups is 1. The molecule has 0 unspecified atom stereocenters. The van der Waals surface area contributed by atoms with Crippen LogP contribution in [0.4, 0.5) is 4.39 Å². The SMILES string of the molecule is COC[C@H]1OC[C@]2(c3cc(Br)ccc3F)NOC[C@H]12. The minimum absolute atomic E-state index is 0.0382. The van der Waals surface area contributed by atoms with Gasteiger partial charge in [0.05, 0.1) is 25.9 Å². The van der Waals surface area contributed by atoms with Gasteiger partial charge in [0.1, 0.15) is 11.4 Å². The minimum Gasteiger partial charge on any atom is -0.382 e. The van der Waals surface area contributed by atoms with E-state index in [-0.39, 0.29) is 17.8 Å². The third-order valence-electron chi connectivity index (χ3n) is 3.86. The van der Waals surface area contributed by atoms with Gasteiger partial charge < -0.3 is 14.3 Å². The van der Waals surface area contributed by atoms with Crippen molar-refractivity contribution < 1.29 is 18.7 Å². The zero-order chi connectivity index (χ0) is 13.5. The molecule has 2 aliphatic rings. The molecule has 2 aliphatic heterocycles. The molecule has 2 heterocycles. The molecule has 104 valence electrons. The van der Waals surface area contributed by atoms with E-state index in [0.29, 0.717) is 25.4 Å². The Labute approximate surface area is 119 Å². The van der Waals surface area contributed by atoms with E-state index in [1.165, 1.54) is 6.07 Å². The lowest BCUT2D eigenvalue weighted by atomic mass is 9.79. The number of methoxy groups -OCH3 is 1. The number of rotatable bonds is 3. The van der Waals surface area contributed by atoms with Gasteiger partial charge in [-0.05, 0) is 18.2 Å². The highest BCUT2D eigenvalue weighted by Crippen LogP contribution is 2.44. The fourth-order valence-electron chi connectivity index (χ4n) is 2.89. The molecular weight excluding hydrogens is 317 g/mol. The van der Waals surface area contributed by atoms with E-state index in [2.05, 4.69) is 21.4 Å². The van der Waals surface area contributed by atoms with Crippen LogP contribution >= 0.6 is 15.9 Å². The van der Waals surface area contributed by atoms with Gasteiger partial charge in [-0.25, -0.2) is 4.39 Å². The smallest absolute Gasteiger partial charge is 0.128 e. The summed E-state index contributed by atoms with van der Waals surface area (Å²) in [5.74, 6) is -0.218. The Kier molecular flexibility index (Phi) is 3.61. The van der Waals surface area contributed by atoms with Crippen LogP contribution in [-0.4, -0.2) is 33.0 Å². The first-order valence-corrected chi connectivity index (χ1v) is 6.92. The molecule has 2 saturated heterocycles. The predicted molar refractivity (Wildman–Crippen MR) is 70.0 cm³/mol. The zero-order valence-electron chi connectivity index (χ0n) is 10.5. The fourth-order valence-corrected chi connectivity index (χ4v) is 3.26. The lowest BCUT2D eigenvalue weighted by Gasteiger charge is -2.27. The van der Waals surface area contributed by atoms with E-state index >= 15 is 0 Å². The van der Waals surface area contributed by atoms with Crippen LogP contribution in [0.3, 0.4) is 0 Å². The van der Waals surface area contributed by atoms with Crippen LogP contribution < -0.4 is 5.48 Å². The molecule has 4 nitrogen and oxygen atoms in total. The summed E-state index contributed by atoms with van der Waals surface area (Å²) in [4.78, 5) is 5.37. The maximum absolute atomic E-state index is 14.2. The molecule has 0 saturated carbocycles. The molecule has 19 heavy (non-hydrogen) atoms. The molecule has 0 bridgehead atoms. The fraction of sp³-hybridized carbons (Fsp3) is 0.538. The first-order valence-electron chi connectivity index (χ1n) is 6.12. The van der Waals surface area contributed by atoms with Crippen molar-refractivity contribution in [3.8, 4) is 0 Å². The molecule has 1 N–H and O–H groups in total. The molecule has 0 aromatic heterocycles. The van der Waals surface area contributed by atoms with Gasteiger partial charge in [-0.3, -0.25) is 0 Å². The second-order valence-corrected chi connectivity index (χ2v) is 5.84. The number of halogens is 2. The van der Waals surface area contributed by atoms with Crippen molar-refractivity contribution in [3.63, 3.8) is 0 Å². The highest BCUT2D eigenvalue weighted by atomic mass is 79.9. The van der Waals surface area contributed by atoms with E-state index in [1.807, 2.05) is 0 Å². The first-order chi connectivity index (χ1) is 9.17. The molecule has 0 aliphatic carbocycles. The van der Waals surface area contributed by atoms with Gasteiger partial charge in [-0.1, -0.05) is 15.9 Å². The number of hydrogen-bond donors (Lipinski definition) is 1. The van der Waals surface area contributed by atoms with Crippen LogP contribution in [0.1, 0.15) is 5.56 Å². The maximum atomic E-state index is 14.2. The molecule has 6 heteroatoms. The predicted octanol–water partition coefficient (Wildman–Crippen LogP) is 1.98. The molecule has 1 aromatic rings. The van der Waals surface area contributed by atoms with E-state index in [0.717, 1.165) is 4.47 Å². The van der Waals surface area contributed by atoms with Crippen molar-refractivity contribution in [1.29, 1.82) is 0 Å². The Hall–Kier alpha value is -0.530. The van der Waals surface area contributed by atoms with Crippen LogP contribution in [0.15, 0.2) is 22.7 Å². The normalized spacial score (nSPS) is 33.6. The third-order valence-corrected chi connectivity index (χ3v) is 4.36. The van der Waals surface area contributed by atoms with Crippen molar-refractivity contribution in [2.75, 3.05) is 26.9 Å². The quantitative estimate of drug-likeness (QED) is 0.919. The van der Waals surface area contributed by atoms with Crippen LogP contribution in [0, 0.1) is 11.7 Å². The maximum Gasteiger partial charge on any atom is 0.128 e. The van der Waals surface area contributed by atoms with Gasteiger partial charge in [0.2, 0.25) is 0 Å². The van der Waals surface area contributed by atoms with Crippen LogP contribution in [-0.2, 0) is 19.9 Å². The van der Waals surface area contributed by atoms with Crippen LogP contribution in [0.5, 0.6) is 0 Å². The monoisotopic (exact) mass is 331 g/mol. The molecule has 2 fully saturated rings. The van der Waals surface area contributed by atoms with Gasteiger partial charge in [-0.2, -0.15) is 5.48 Å². The Balaban J connectivity index is 2.00. The summed E-state index contributed by atoms with van der Waals surface area (Å²) in [7, 11) is 1.63. The Morgan fingerprint density at radius 2 is 2.42 bits per heavy atom. The standard InChI is InChI=1S/C13H15BrFNO3/c1-17-6-12-10-5-19-16-13(10,7-18-12)9-4-8(14)2-3-11(9)15/h2-4,10,12,16H,5-7H2,1H3/t10-,12-,13-/m1/s1. The summed E-state index contributed by atoms with van der Waals surface area (Å²) in [6.45, 7) is 1.34. The van der Waals surface area contributed by atoms with Crippen molar-refractivity contribution >= 4 is 15.9 Å².